The van der Waals surface area contributed by atoms with Crippen molar-refractivity contribution >= 4 is 17.4 Å². The van der Waals surface area contributed by atoms with Gasteiger partial charge in [0.25, 0.3) is 0 Å². The second kappa shape index (κ2) is 4.28. The number of pyridine rings is 1. The average molecular weight is 265 g/mol. The van der Waals surface area contributed by atoms with Gasteiger partial charge in [-0.2, -0.15) is 9.78 Å². The molecule has 0 spiro atoms. The first-order chi connectivity index (χ1) is 8.30. The smallest absolute Gasteiger partial charge is 0.155 e. The van der Waals surface area contributed by atoms with Crippen LogP contribution in [0.3, 0.4) is 0 Å². The molecule has 0 unspecified atom stereocenters. The molecule has 0 bridgehead atoms. The summed E-state index contributed by atoms with van der Waals surface area (Å²) in [6.45, 7) is 8.15. The number of aromatic nitrogens is 3. The first-order valence-electron chi connectivity index (χ1n) is 5.78. The van der Waals surface area contributed by atoms with Crippen molar-refractivity contribution in [2.75, 3.05) is 5.73 Å². The number of anilines is 1. The van der Waals surface area contributed by atoms with Crippen LogP contribution in [0.1, 0.15) is 32.0 Å². The highest BCUT2D eigenvalue weighted by molar-refractivity contribution is 6.33. The van der Waals surface area contributed by atoms with E-state index in [-0.39, 0.29) is 5.41 Å². The highest BCUT2D eigenvalue weighted by atomic mass is 35.5. The second-order valence-electron chi connectivity index (χ2n) is 5.40. The van der Waals surface area contributed by atoms with E-state index >= 15 is 0 Å². The van der Waals surface area contributed by atoms with Crippen LogP contribution in [0, 0.1) is 6.92 Å². The Labute approximate surface area is 112 Å². The largest absolute Gasteiger partial charge is 0.382 e. The summed E-state index contributed by atoms with van der Waals surface area (Å²) < 4.78 is 1.59. The zero-order valence-electron chi connectivity index (χ0n) is 11.0. The van der Waals surface area contributed by atoms with Gasteiger partial charge in [0, 0.05) is 11.6 Å². The number of hydrogen-bond acceptors (Lipinski definition) is 3. The van der Waals surface area contributed by atoms with E-state index in [0.29, 0.717) is 16.7 Å². The van der Waals surface area contributed by atoms with Crippen LogP contribution in [0.4, 0.5) is 5.82 Å². The Morgan fingerprint density at radius 2 is 2.00 bits per heavy atom. The SMILES string of the molecule is Cc1ccnc(-n2nc(C(C)(C)C)c(Cl)c2N)c1. The van der Waals surface area contributed by atoms with E-state index in [0.717, 1.165) is 11.3 Å². The van der Waals surface area contributed by atoms with Gasteiger partial charge in [-0.15, -0.1) is 0 Å². The maximum Gasteiger partial charge on any atom is 0.155 e. The predicted molar refractivity (Wildman–Crippen MR) is 74.2 cm³/mol. The lowest BCUT2D eigenvalue weighted by Gasteiger charge is -2.15. The summed E-state index contributed by atoms with van der Waals surface area (Å²) in [7, 11) is 0. The minimum absolute atomic E-state index is 0.153. The van der Waals surface area contributed by atoms with E-state index in [1.165, 1.54) is 0 Å². The number of halogens is 1. The maximum atomic E-state index is 6.25. The zero-order valence-corrected chi connectivity index (χ0v) is 11.8. The van der Waals surface area contributed by atoms with E-state index in [9.17, 15) is 0 Å². The Bertz CT molecular complexity index is 581. The summed E-state index contributed by atoms with van der Waals surface area (Å²) in [5.74, 6) is 1.12. The average Bonchev–Trinajstić information content (AvgIpc) is 2.55. The quantitative estimate of drug-likeness (QED) is 0.861. The molecule has 2 heterocycles. The third-order valence-corrected chi connectivity index (χ3v) is 3.06. The maximum absolute atomic E-state index is 6.25. The van der Waals surface area contributed by atoms with Crippen LogP contribution in [-0.2, 0) is 5.41 Å². The molecule has 0 aliphatic rings. The fraction of sp³-hybridized carbons (Fsp3) is 0.385. The van der Waals surface area contributed by atoms with Crippen molar-refractivity contribution in [2.24, 2.45) is 0 Å². The molecule has 4 nitrogen and oxygen atoms in total. The van der Waals surface area contributed by atoms with Gasteiger partial charge in [0.05, 0.1) is 5.69 Å². The van der Waals surface area contributed by atoms with Crippen molar-refractivity contribution in [2.45, 2.75) is 33.1 Å². The van der Waals surface area contributed by atoms with E-state index in [4.69, 9.17) is 17.3 Å². The van der Waals surface area contributed by atoms with Crippen LogP contribution in [-0.4, -0.2) is 14.8 Å². The molecule has 0 saturated carbocycles. The van der Waals surface area contributed by atoms with Gasteiger partial charge in [-0.3, -0.25) is 0 Å². The van der Waals surface area contributed by atoms with Gasteiger partial charge in [-0.1, -0.05) is 32.4 Å². The van der Waals surface area contributed by atoms with Gasteiger partial charge in [-0.25, -0.2) is 4.98 Å². The standard InChI is InChI=1S/C13H17ClN4/c1-8-5-6-16-9(7-8)18-12(15)10(14)11(17-18)13(2,3)4/h5-7H,15H2,1-4H3. The number of hydrogen-bond donors (Lipinski definition) is 1. The van der Waals surface area contributed by atoms with Crippen molar-refractivity contribution in [3.05, 3.63) is 34.6 Å². The van der Waals surface area contributed by atoms with Gasteiger partial charge < -0.3 is 5.73 Å². The number of nitrogens with two attached hydrogens (primary N) is 1. The Kier molecular flexibility index (Phi) is 3.07. The molecule has 0 amide bonds. The molecule has 0 saturated heterocycles. The lowest BCUT2D eigenvalue weighted by atomic mass is 9.92. The first kappa shape index (κ1) is 12.9. The van der Waals surface area contributed by atoms with Crippen LogP contribution in [0.5, 0.6) is 0 Å². The summed E-state index contributed by atoms with van der Waals surface area (Å²) >= 11 is 6.25. The highest BCUT2D eigenvalue weighted by Gasteiger charge is 2.25. The van der Waals surface area contributed by atoms with E-state index < -0.39 is 0 Å². The Hall–Kier alpha value is -1.55. The van der Waals surface area contributed by atoms with E-state index in [1.54, 1.807) is 10.9 Å². The number of nitrogens with zero attached hydrogens (tertiary/aromatic N) is 3. The van der Waals surface area contributed by atoms with Crippen LogP contribution in [0.25, 0.3) is 5.82 Å². The molecule has 2 N–H and O–H groups in total. The lowest BCUT2D eigenvalue weighted by Crippen LogP contribution is -2.13. The summed E-state index contributed by atoms with van der Waals surface area (Å²) in [6, 6.07) is 3.85. The normalized spacial score (nSPS) is 11.8. The van der Waals surface area contributed by atoms with Crippen molar-refractivity contribution in [3.63, 3.8) is 0 Å². The molecule has 2 aromatic rings. The van der Waals surface area contributed by atoms with Gasteiger partial charge in [-0.05, 0) is 24.6 Å². The number of aryl methyl sites for hydroxylation is 1. The highest BCUT2D eigenvalue weighted by Crippen LogP contribution is 2.33. The van der Waals surface area contributed by atoms with Crippen molar-refractivity contribution in [1.29, 1.82) is 0 Å². The van der Waals surface area contributed by atoms with Crippen LogP contribution >= 0.6 is 11.6 Å². The van der Waals surface area contributed by atoms with Gasteiger partial charge in [0.2, 0.25) is 0 Å². The molecule has 96 valence electrons. The molecule has 5 heteroatoms. The Morgan fingerprint density at radius 3 is 2.50 bits per heavy atom. The zero-order chi connectivity index (χ0) is 13.5. The van der Waals surface area contributed by atoms with Crippen molar-refractivity contribution in [3.8, 4) is 5.82 Å². The number of rotatable bonds is 1. The van der Waals surface area contributed by atoms with Gasteiger partial charge in [0.15, 0.2) is 5.82 Å². The second-order valence-corrected chi connectivity index (χ2v) is 5.78. The molecule has 0 aromatic carbocycles. The molecule has 2 rings (SSSR count). The summed E-state index contributed by atoms with van der Waals surface area (Å²) in [5.41, 5.74) is 7.74. The molecular formula is C13H17ClN4. The van der Waals surface area contributed by atoms with Gasteiger partial charge >= 0.3 is 0 Å². The molecule has 2 aromatic heterocycles. The minimum Gasteiger partial charge on any atom is -0.382 e. The van der Waals surface area contributed by atoms with Crippen LogP contribution < -0.4 is 5.73 Å². The monoisotopic (exact) mass is 264 g/mol. The molecular weight excluding hydrogens is 248 g/mol. The number of nitrogen functional groups attached to an aromatic ring is 1. The topological polar surface area (TPSA) is 56.7 Å². The Balaban J connectivity index is 2.60. The van der Waals surface area contributed by atoms with Gasteiger partial charge in [0.1, 0.15) is 10.8 Å². The van der Waals surface area contributed by atoms with Crippen molar-refractivity contribution < 1.29 is 0 Å². The van der Waals surface area contributed by atoms with Crippen LogP contribution in [0.2, 0.25) is 5.02 Å². The lowest BCUT2D eigenvalue weighted by molar-refractivity contribution is 0.560. The molecule has 0 aliphatic carbocycles. The first-order valence-corrected chi connectivity index (χ1v) is 6.16. The fourth-order valence-corrected chi connectivity index (χ4v) is 2.10. The summed E-state index contributed by atoms with van der Waals surface area (Å²) in [5, 5.41) is 4.99. The Morgan fingerprint density at radius 1 is 1.33 bits per heavy atom. The summed E-state index contributed by atoms with van der Waals surface area (Å²) in [6.07, 6.45) is 1.73. The van der Waals surface area contributed by atoms with Crippen molar-refractivity contribution in [1.82, 2.24) is 14.8 Å². The molecule has 18 heavy (non-hydrogen) atoms. The van der Waals surface area contributed by atoms with E-state index in [1.807, 2.05) is 19.1 Å². The summed E-state index contributed by atoms with van der Waals surface area (Å²) in [4.78, 5) is 4.27. The predicted octanol–water partition coefficient (Wildman–Crippen LogP) is 3.11. The third kappa shape index (κ3) is 2.20. The molecule has 0 aliphatic heterocycles. The van der Waals surface area contributed by atoms with Crippen LogP contribution in [0.15, 0.2) is 18.3 Å². The van der Waals surface area contributed by atoms with E-state index in [2.05, 4.69) is 30.9 Å². The third-order valence-electron chi connectivity index (χ3n) is 2.69. The fourth-order valence-electron chi connectivity index (χ4n) is 1.70. The molecule has 0 radical (unpaired) electrons. The molecule has 0 fully saturated rings. The molecule has 0 atom stereocenters. The minimum atomic E-state index is -0.153.